The zero-order chi connectivity index (χ0) is 18.3. The Morgan fingerprint density at radius 1 is 1.27 bits per heavy atom. The number of pyridine rings is 1. The molecule has 0 aliphatic carbocycles. The lowest BCUT2D eigenvalue weighted by Crippen LogP contribution is -2.34. The van der Waals surface area contributed by atoms with Crippen LogP contribution in [0.5, 0.6) is 0 Å². The van der Waals surface area contributed by atoms with E-state index in [-0.39, 0.29) is 5.91 Å². The van der Waals surface area contributed by atoms with Crippen LogP contribution in [0.15, 0.2) is 42.6 Å². The molecule has 0 radical (unpaired) electrons. The maximum atomic E-state index is 12.7. The number of carbonyl (C=O) groups excluding carboxylic acids is 2. The summed E-state index contributed by atoms with van der Waals surface area (Å²) >= 11 is 0. The van der Waals surface area contributed by atoms with E-state index in [1.807, 2.05) is 31.3 Å². The molecule has 0 saturated carbocycles. The highest BCUT2D eigenvalue weighted by Gasteiger charge is 2.29. The zero-order valence-corrected chi connectivity index (χ0v) is 14.3. The Labute approximate surface area is 149 Å². The summed E-state index contributed by atoms with van der Waals surface area (Å²) in [6, 6.07) is 10.8. The van der Waals surface area contributed by atoms with Crippen molar-refractivity contribution >= 4 is 22.8 Å². The molecule has 4 rings (SSSR count). The van der Waals surface area contributed by atoms with Gasteiger partial charge in [-0.15, -0.1) is 0 Å². The molecule has 0 atom stereocenters. The largest absolute Gasteiger partial charge is 0.341 e. The first-order valence-corrected chi connectivity index (χ1v) is 8.35. The Kier molecular flexibility index (Phi) is 3.93. The van der Waals surface area contributed by atoms with E-state index in [1.165, 1.54) is 0 Å². The minimum absolute atomic E-state index is 0.0259. The predicted molar refractivity (Wildman–Crippen MR) is 95.2 cm³/mol. The summed E-state index contributed by atoms with van der Waals surface area (Å²) in [7, 11) is 1.82. The Hall–Kier alpha value is -3.19. The molecule has 132 valence electrons. The van der Waals surface area contributed by atoms with Gasteiger partial charge in [0.05, 0.1) is 5.56 Å². The molecule has 7 heteroatoms. The van der Waals surface area contributed by atoms with Gasteiger partial charge >= 0.3 is 0 Å². The molecule has 1 aliphatic heterocycles. The lowest BCUT2D eigenvalue weighted by Gasteiger charge is -2.24. The van der Waals surface area contributed by atoms with Crippen molar-refractivity contribution in [2.75, 3.05) is 13.6 Å². The van der Waals surface area contributed by atoms with E-state index >= 15 is 0 Å². The maximum Gasteiger partial charge on any atom is 0.274 e. The van der Waals surface area contributed by atoms with Gasteiger partial charge in [0.25, 0.3) is 11.8 Å². The average Bonchev–Trinajstić information content (AvgIpc) is 2.99. The van der Waals surface area contributed by atoms with Crippen LogP contribution in [-0.2, 0) is 13.0 Å². The van der Waals surface area contributed by atoms with Gasteiger partial charge in [-0.2, -0.15) is 0 Å². The van der Waals surface area contributed by atoms with Crippen LogP contribution in [0.3, 0.4) is 0 Å². The number of rotatable bonds is 3. The third-order valence-electron chi connectivity index (χ3n) is 4.83. The molecular weight excluding hydrogens is 332 g/mol. The third-order valence-corrected chi connectivity index (χ3v) is 4.83. The molecule has 2 amide bonds. The summed E-state index contributed by atoms with van der Waals surface area (Å²) in [6.07, 6.45) is 2.51. The fourth-order valence-corrected chi connectivity index (χ4v) is 3.47. The summed E-state index contributed by atoms with van der Waals surface area (Å²) in [4.78, 5) is 30.4. The fraction of sp³-hybridized carbons (Fsp3) is 0.211. The summed E-state index contributed by atoms with van der Waals surface area (Å²) in [6.45, 7) is 1.23. The molecule has 3 heterocycles. The summed E-state index contributed by atoms with van der Waals surface area (Å²) in [5.74, 6) is -0.520. The minimum Gasteiger partial charge on any atom is -0.341 e. The van der Waals surface area contributed by atoms with E-state index < -0.39 is 5.91 Å². The normalized spacial score (nSPS) is 13.8. The highest BCUT2D eigenvalue weighted by molar-refractivity contribution is 6.08. The van der Waals surface area contributed by atoms with E-state index in [0.717, 1.165) is 34.3 Å². The highest BCUT2D eigenvalue weighted by Crippen LogP contribution is 2.30. The second-order valence-corrected chi connectivity index (χ2v) is 6.40. The summed E-state index contributed by atoms with van der Waals surface area (Å²) in [5.41, 5.74) is 5.51. The molecule has 0 spiro atoms. The number of hydrogen-bond acceptors (Lipinski definition) is 4. The Bertz CT molecular complexity index is 1010. The molecule has 1 aliphatic rings. The van der Waals surface area contributed by atoms with Crippen LogP contribution in [-0.4, -0.2) is 45.1 Å². The van der Waals surface area contributed by atoms with Crippen molar-refractivity contribution < 1.29 is 14.8 Å². The number of hydroxylamine groups is 1. The molecule has 7 nitrogen and oxygen atoms in total. The van der Waals surface area contributed by atoms with E-state index in [1.54, 1.807) is 28.7 Å². The van der Waals surface area contributed by atoms with Gasteiger partial charge in [-0.25, -0.2) is 10.5 Å². The lowest BCUT2D eigenvalue weighted by molar-refractivity contribution is 0.0706. The summed E-state index contributed by atoms with van der Waals surface area (Å²) < 4.78 is 2.08. The molecule has 3 aromatic rings. The predicted octanol–water partition coefficient (Wildman–Crippen LogP) is 1.83. The van der Waals surface area contributed by atoms with Crippen molar-refractivity contribution in [2.24, 2.45) is 0 Å². The fourth-order valence-electron chi connectivity index (χ4n) is 3.47. The average molecular weight is 350 g/mol. The van der Waals surface area contributed by atoms with Crippen molar-refractivity contribution in [2.45, 2.75) is 13.0 Å². The molecule has 2 N–H and O–H groups in total. The SMILES string of the molecule is CN1CCc2c(c3cccnc3n2Cc2ccc(C(=O)NO)cc2)C1=O. The van der Waals surface area contributed by atoms with Gasteiger partial charge < -0.3 is 9.47 Å². The molecular formula is C19H18N4O3. The molecule has 0 saturated heterocycles. The van der Waals surface area contributed by atoms with Gasteiger partial charge in [-0.1, -0.05) is 12.1 Å². The molecule has 0 unspecified atom stereocenters. The van der Waals surface area contributed by atoms with E-state index in [2.05, 4.69) is 9.55 Å². The second-order valence-electron chi connectivity index (χ2n) is 6.40. The molecule has 1 aromatic carbocycles. The van der Waals surface area contributed by atoms with E-state index in [4.69, 9.17) is 5.21 Å². The van der Waals surface area contributed by atoms with Crippen LogP contribution < -0.4 is 5.48 Å². The van der Waals surface area contributed by atoms with Gasteiger partial charge in [-0.05, 0) is 29.8 Å². The quantitative estimate of drug-likeness (QED) is 0.557. The zero-order valence-electron chi connectivity index (χ0n) is 14.3. The lowest BCUT2D eigenvalue weighted by atomic mass is 10.0. The van der Waals surface area contributed by atoms with Gasteiger partial charge in [0.1, 0.15) is 5.65 Å². The number of benzene rings is 1. The first-order chi connectivity index (χ1) is 12.6. The number of nitrogens with zero attached hydrogens (tertiary/aromatic N) is 3. The first-order valence-electron chi connectivity index (χ1n) is 8.35. The maximum absolute atomic E-state index is 12.7. The van der Waals surface area contributed by atoms with Crippen LogP contribution in [0.4, 0.5) is 0 Å². The number of nitrogens with one attached hydrogen (secondary N) is 1. The van der Waals surface area contributed by atoms with Crippen molar-refractivity contribution in [1.29, 1.82) is 0 Å². The first kappa shape index (κ1) is 16.3. The smallest absolute Gasteiger partial charge is 0.274 e. The van der Waals surface area contributed by atoms with Crippen molar-refractivity contribution in [3.05, 3.63) is 65.0 Å². The van der Waals surface area contributed by atoms with Crippen molar-refractivity contribution in [1.82, 2.24) is 19.9 Å². The van der Waals surface area contributed by atoms with Crippen molar-refractivity contribution in [3.63, 3.8) is 0 Å². The third kappa shape index (κ3) is 2.53. The number of carbonyl (C=O) groups is 2. The molecule has 26 heavy (non-hydrogen) atoms. The number of fused-ring (bicyclic) bond motifs is 3. The van der Waals surface area contributed by atoms with Crippen LogP contribution >= 0.6 is 0 Å². The van der Waals surface area contributed by atoms with Gasteiger partial charge in [0, 0.05) is 49.4 Å². The van der Waals surface area contributed by atoms with Crippen LogP contribution in [0.25, 0.3) is 11.0 Å². The number of aromatic nitrogens is 2. The Morgan fingerprint density at radius 3 is 2.77 bits per heavy atom. The molecule has 0 bridgehead atoms. The van der Waals surface area contributed by atoms with Crippen molar-refractivity contribution in [3.8, 4) is 0 Å². The number of hydrogen-bond donors (Lipinski definition) is 2. The second kappa shape index (κ2) is 6.27. The summed E-state index contributed by atoms with van der Waals surface area (Å²) in [5, 5.41) is 9.58. The topological polar surface area (TPSA) is 87.5 Å². The van der Waals surface area contributed by atoms with Gasteiger partial charge in [0.15, 0.2) is 0 Å². The molecule has 2 aromatic heterocycles. The highest BCUT2D eigenvalue weighted by atomic mass is 16.5. The van der Waals surface area contributed by atoms with E-state index in [0.29, 0.717) is 18.7 Å². The Balaban J connectivity index is 1.78. The minimum atomic E-state index is -0.546. The monoisotopic (exact) mass is 350 g/mol. The number of likely N-dealkylation sites (N-methyl/N-ethyl adjacent to an activating group) is 1. The standard InChI is InChI=1S/C19H18N4O3/c1-22-10-8-15-16(19(22)25)14-3-2-9-20-17(14)23(15)11-12-4-6-13(7-5-12)18(24)21-26/h2-7,9,26H,8,10-11H2,1H3,(H,21,24). The van der Waals surface area contributed by atoms with Gasteiger partial charge in [0.2, 0.25) is 0 Å². The van der Waals surface area contributed by atoms with Crippen LogP contribution in [0.2, 0.25) is 0 Å². The van der Waals surface area contributed by atoms with E-state index in [9.17, 15) is 9.59 Å². The van der Waals surface area contributed by atoms with Crippen LogP contribution in [0.1, 0.15) is 32.0 Å². The Morgan fingerprint density at radius 2 is 2.04 bits per heavy atom. The van der Waals surface area contributed by atoms with Gasteiger partial charge in [-0.3, -0.25) is 14.8 Å². The number of amides is 2. The molecule has 0 fully saturated rings. The van der Waals surface area contributed by atoms with Crippen LogP contribution in [0, 0.1) is 0 Å².